The normalized spacial score (nSPS) is 12.1. The van der Waals surface area contributed by atoms with Crippen molar-refractivity contribution in [3.05, 3.63) is 33.8 Å². The molecule has 0 N–H and O–H groups in total. The smallest absolute Gasteiger partial charge is 0.0621 e. The van der Waals surface area contributed by atoms with Gasteiger partial charge in [0.1, 0.15) is 0 Å². The van der Waals surface area contributed by atoms with Gasteiger partial charge in [0.05, 0.1) is 6.07 Å². The highest BCUT2D eigenvalue weighted by molar-refractivity contribution is 9.10. The summed E-state index contributed by atoms with van der Waals surface area (Å²) in [6, 6.07) is 8.72. The number of hydrogen-bond acceptors (Lipinski definition) is 1. The Morgan fingerprint density at radius 3 is 2.73 bits per heavy atom. The van der Waals surface area contributed by atoms with E-state index in [0.717, 1.165) is 12.8 Å². The van der Waals surface area contributed by atoms with Crippen LogP contribution in [-0.2, 0) is 6.42 Å². The zero-order valence-electron chi connectivity index (χ0n) is 9.26. The number of halogens is 1. The zero-order chi connectivity index (χ0) is 11.3. The van der Waals surface area contributed by atoms with Crippen molar-refractivity contribution in [2.75, 3.05) is 0 Å². The maximum absolute atomic E-state index is 8.54. The average Bonchev–Trinajstić information content (AvgIpc) is 2.25. The van der Waals surface area contributed by atoms with E-state index >= 15 is 0 Å². The number of nitrogens with zero attached hydrogens (tertiary/aromatic N) is 1. The van der Waals surface area contributed by atoms with Crippen molar-refractivity contribution in [1.82, 2.24) is 0 Å². The summed E-state index contributed by atoms with van der Waals surface area (Å²) in [7, 11) is 0. The fourth-order valence-electron chi connectivity index (χ4n) is 1.60. The maximum atomic E-state index is 8.54. The lowest BCUT2D eigenvalue weighted by Crippen LogP contribution is -1.94. The lowest BCUT2D eigenvalue weighted by molar-refractivity contribution is 0.694. The Morgan fingerprint density at radius 1 is 1.47 bits per heavy atom. The molecule has 0 saturated heterocycles. The molecule has 1 rings (SSSR count). The molecule has 0 spiro atoms. The van der Waals surface area contributed by atoms with Gasteiger partial charge in [-0.05, 0) is 36.0 Å². The van der Waals surface area contributed by atoms with Crippen molar-refractivity contribution in [3.8, 4) is 6.07 Å². The van der Waals surface area contributed by atoms with Crippen LogP contribution in [0.15, 0.2) is 22.7 Å². The quantitative estimate of drug-likeness (QED) is 0.791. The van der Waals surface area contributed by atoms with Gasteiger partial charge in [0.15, 0.2) is 0 Å². The lowest BCUT2D eigenvalue weighted by atomic mass is 9.95. The van der Waals surface area contributed by atoms with Gasteiger partial charge in [0.25, 0.3) is 0 Å². The first-order chi connectivity index (χ1) is 7.19. The van der Waals surface area contributed by atoms with E-state index < -0.39 is 0 Å². The first-order valence-corrected chi connectivity index (χ1v) is 6.13. The molecule has 0 aliphatic heterocycles. The molecule has 1 unspecified atom stereocenters. The summed E-state index contributed by atoms with van der Waals surface area (Å²) in [5, 5.41) is 8.54. The Labute approximate surface area is 100 Å². The molecule has 0 aliphatic carbocycles. The first kappa shape index (κ1) is 12.3. The molecule has 15 heavy (non-hydrogen) atoms. The van der Waals surface area contributed by atoms with Crippen LogP contribution in [0, 0.1) is 11.3 Å². The standard InChI is InChI=1S/C13H16BrN/c1-3-11-6-7-12(9-13(11)14)10(2)5-4-8-15/h6-7,9-10H,3-5H2,1-2H3. The third-order valence-corrected chi connectivity index (χ3v) is 3.45. The third-order valence-electron chi connectivity index (χ3n) is 2.72. The summed E-state index contributed by atoms with van der Waals surface area (Å²) in [5.41, 5.74) is 2.65. The van der Waals surface area contributed by atoms with Crippen LogP contribution in [0.1, 0.15) is 43.7 Å². The highest BCUT2D eigenvalue weighted by atomic mass is 79.9. The monoisotopic (exact) mass is 265 g/mol. The molecule has 0 amide bonds. The number of hydrogen-bond donors (Lipinski definition) is 0. The topological polar surface area (TPSA) is 23.8 Å². The predicted molar refractivity (Wildman–Crippen MR) is 66.8 cm³/mol. The number of nitriles is 1. The van der Waals surface area contributed by atoms with Crippen molar-refractivity contribution in [1.29, 1.82) is 5.26 Å². The maximum Gasteiger partial charge on any atom is 0.0621 e. The second-order valence-corrected chi connectivity index (χ2v) is 4.66. The Bertz CT molecular complexity index is 365. The molecule has 0 bridgehead atoms. The van der Waals surface area contributed by atoms with Crippen LogP contribution in [0.5, 0.6) is 0 Å². The first-order valence-electron chi connectivity index (χ1n) is 5.34. The summed E-state index contributed by atoms with van der Waals surface area (Å²) < 4.78 is 1.19. The average molecular weight is 266 g/mol. The Morgan fingerprint density at radius 2 is 2.20 bits per heavy atom. The Kier molecular flexibility index (Phi) is 4.84. The van der Waals surface area contributed by atoms with Gasteiger partial charge in [0, 0.05) is 10.9 Å². The molecule has 0 aliphatic rings. The number of aryl methyl sites for hydroxylation is 1. The summed E-state index contributed by atoms with van der Waals surface area (Å²) in [6.45, 7) is 4.32. The lowest BCUT2D eigenvalue weighted by Gasteiger charge is -2.11. The van der Waals surface area contributed by atoms with Crippen molar-refractivity contribution in [2.24, 2.45) is 0 Å². The third kappa shape index (κ3) is 3.35. The van der Waals surface area contributed by atoms with E-state index in [-0.39, 0.29) is 0 Å². The molecule has 0 fully saturated rings. The van der Waals surface area contributed by atoms with E-state index in [1.807, 2.05) is 0 Å². The van der Waals surface area contributed by atoms with Crippen LogP contribution in [0.4, 0.5) is 0 Å². The Hall–Kier alpha value is -0.810. The van der Waals surface area contributed by atoms with E-state index in [2.05, 4.69) is 54.0 Å². The summed E-state index contributed by atoms with van der Waals surface area (Å²) in [6.07, 6.45) is 2.62. The van der Waals surface area contributed by atoms with E-state index in [1.54, 1.807) is 0 Å². The van der Waals surface area contributed by atoms with Crippen molar-refractivity contribution in [2.45, 2.75) is 39.0 Å². The van der Waals surface area contributed by atoms with Gasteiger partial charge in [0.2, 0.25) is 0 Å². The minimum Gasteiger partial charge on any atom is -0.198 e. The molecule has 0 radical (unpaired) electrons. The van der Waals surface area contributed by atoms with Crippen LogP contribution < -0.4 is 0 Å². The van der Waals surface area contributed by atoms with Gasteiger partial charge in [-0.3, -0.25) is 0 Å². The Balaban J connectivity index is 2.79. The molecular formula is C13H16BrN. The van der Waals surface area contributed by atoms with Gasteiger partial charge < -0.3 is 0 Å². The molecule has 2 heteroatoms. The highest BCUT2D eigenvalue weighted by Gasteiger charge is 2.07. The van der Waals surface area contributed by atoms with Crippen LogP contribution >= 0.6 is 15.9 Å². The molecule has 1 nitrogen and oxygen atoms in total. The van der Waals surface area contributed by atoms with Crippen molar-refractivity contribution >= 4 is 15.9 Å². The zero-order valence-corrected chi connectivity index (χ0v) is 10.8. The van der Waals surface area contributed by atoms with E-state index in [0.29, 0.717) is 12.3 Å². The number of benzene rings is 1. The largest absolute Gasteiger partial charge is 0.198 e. The molecule has 80 valence electrons. The predicted octanol–water partition coefficient (Wildman–Crippen LogP) is 4.42. The summed E-state index contributed by atoms with van der Waals surface area (Å²) >= 11 is 3.58. The fraction of sp³-hybridized carbons (Fsp3) is 0.462. The van der Waals surface area contributed by atoms with Gasteiger partial charge in [-0.25, -0.2) is 0 Å². The minimum absolute atomic E-state index is 0.465. The van der Waals surface area contributed by atoms with Gasteiger partial charge in [-0.1, -0.05) is 41.9 Å². The molecule has 1 aromatic rings. The molecule has 0 aromatic heterocycles. The van der Waals surface area contributed by atoms with Gasteiger partial charge in [-0.15, -0.1) is 0 Å². The van der Waals surface area contributed by atoms with Crippen LogP contribution in [-0.4, -0.2) is 0 Å². The number of rotatable bonds is 4. The molecule has 0 heterocycles. The van der Waals surface area contributed by atoms with E-state index in [9.17, 15) is 0 Å². The SMILES string of the molecule is CCc1ccc(C(C)CCC#N)cc1Br. The van der Waals surface area contributed by atoms with Crippen molar-refractivity contribution in [3.63, 3.8) is 0 Å². The van der Waals surface area contributed by atoms with Gasteiger partial charge in [-0.2, -0.15) is 5.26 Å². The molecule has 1 atom stereocenters. The minimum atomic E-state index is 0.465. The van der Waals surface area contributed by atoms with Crippen LogP contribution in [0.25, 0.3) is 0 Å². The van der Waals surface area contributed by atoms with Crippen LogP contribution in [0.3, 0.4) is 0 Å². The second kappa shape index (κ2) is 5.92. The molecular weight excluding hydrogens is 250 g/mol. The van der Waals surface area contributed by atoms with Crippen molar-refractivity contribution < 1.29 is 0 Å². The van der Waals surface area contributed by atoms with E-state index in [1.165, 1.54) is 15.6 Å². The summed E-state index contributed by atoms with van der Waals surface area (Å²) in [5.74, 6) is 0.465. The molecule has 0 saturated carbocycles. The van der Waals surface area contributed by atoms with Crippen LogP contribution in [0.2, 0.25) is 0 Å². The van der Waals surface area contributed by atoms with E-state index in [4.69, 9.17) is 5.26 Å². The summed E-state index contributed by atoms with van der Waals surface area (Å²) in [4.78, 5) is 0. The molecule has 1 aromatic carbocycles. The fourth-order valence-corrected chi connectivity index (χ4v) is 2.28. The van der Waals surface area contributed by atoms with Gasteiger partial charge >= 0.3 is 0 Å². The second-order valence-electron chi connectivity index (χ2n) is 3.80. The highest BCUT2D eigenvalue weighted by Crippen LogP contribution is 2.26.